The second-order valence-electron chi connectivity index (χ2n) is 4.93. The molecule has 1 rings (SSSR count). The fourth-order valence-corrected chi connectivity index (χ4v) is 2.69. The summed E-state index contributed by atoms with van der Waals surface area (Å²) in [6, 6.07) is 4.87. The lowest BCUT2D eigenvalue weighted by Gasteiger charge is -2.13. The number of hydrogen-bond donors (Lipinski definition) is 3. The Balaban J connectivity index is 2.83. The molecule has 0 unspecified atom stereocenters. The van der Waals surface area contributed by atoms with Crippen LogP contribution in [0.3, 0.4) is 0 Å². The molecule has 108 valence electrons. The average Bonchev–Trinajstić information content (AvgIpc) is 2.35. The van der Waals surface area contributed by atoms with Gasteiger partial charge in [0.2, 0.25) is 10.0 Å². The molecule has 0 radical (unpaired) electrons. The van der Waals surface area contributed by atoms with Crippen molar-refractivity contribution in [2.75, 3.05) is 24.6 Å². The number of benzene rings is 1. The van der Waals surface area contributed by atoms with Crippen molar-refractivity contribution in [1.29, 1.82) is 0 Å². The van der Waals surface area contributed by atoms with E-state index in [1.807, 2.05) is 0 Å². The van der Waals surface area contributed by atoms with Crippen molar-refractivity contribution >= 4 is 21.4 Å². The van der Waals surface area contributed by atoms with Gasteiger partial charge in [0.25, 0.3) is 0 Å². The summed E-state index contributed by atoms with van der Waals surface area (Å²) in [7, 11) is -2.11. The van der Waals surface area contributed by atoms with Crippen LogP contribution in [0.25, 0.3) is 0 Å². The highest BCUT2D eigenvalue weighted by Gasteiger charge is 2.16. The molecule has 0 aliphatic rings. The van der Waals surface area contributed by atoms with Crippen molar-refractivity contribution in [3.8, 4) is 0 Å². The Hall–Kier alpha value is -1.27. The van der Waals surface area contributed by atoms with E-state index in [1.165, 1.54) is 13.1 Å². The number of hydrogen-bond acceptors (Lipinski definition) is 4. The highest BCUT2D eigenvalue weighted by atomic mass is 32.2. The first-order chi connectivity index (χ1) is 8.86. The molecular weight excluding hydrogens is 262 g/mol. The van der Waals surface area contributed by atoms with Crippen molar-refractivity contribution in [2.45, 2.75) is 31.6 Å². The fraction of sp³-hybridized carbons (Fsp3) is 0.538. The Kier molecular flexibility index (Phi) is 5.62. The van der Waals surface area contributed by atoms with Crippen LogP contribution < -0.4 is 15.8 Å². The number of sulfonamides is 1. The van der Waals surface area contributed by atoms with Gasteiger partial charge in [0, 0.05) is 12.2 Å². The summed E-state index contributed by atoms with van der Waals surface area (Å²) in [5.41, 5.74) is 6.68. The minimum absolute atomic E-state index is 0.194. The second kappa shape index (κ2) is 6.77. The van der Waals surface area contributed by atoms with E-state index in [0.29, 0.717) is 17.3 Å². The molecule has 0 saturated heterocycles. The summed E-state index contributed by atoms with van der Waals surface area (Å²) in [5.74, 6) is 0.647. The summed E-state index contributed by atoms with van der Waals surface area (Å²) in [5, 5.41) is 3.16. The minimum Gasteiger partial charge on any atom is -0.399 e. The van der Waals surface area contributed by atoms with Gasteiger partial charge in [-0.15, -0.1) is 0 Å². The van der Waals surface area contributed by atoms with Crippen molar-refractivity contribution in [2.24, 2.45) is 5.92 Å². The molecular formula is C13H23N3O2S. The highest BCUT2D eigenvalue weighted by molar-refractivity contribution is 7.89. The topological polar surface area (TPSA) is 84.2 Å². The third-order valence-electron chi connectivity index (χ3n) is 2.84. The Morgan fingerprint density at radius 3 is 2.58 bits per heavy atom. The van der Waals surface area contributed by atoms with Gasteiger partial charge < -0.3 is 11.1 Å². The van der Waals surface area contributed by atoms with Crippen LogP contribution in [0.4, 0.5) is 11.4 Å². The highest BCUT2D eigenvalue weighted by Crippen LogP contribution is 2.23. The zero-order valence-electron chi connectivity index (χ0n) is 11.7. The van der Waals surface area contributed by atoms with Crippen LogP contribution in [-0.4, -0.2) is 22.0 Å². The standard InChI is InChI=1S/C13H23N3O2S/c1-10(2)5-4-8-16-12-7-6-11(14)9-13(12)19(17,18)15-3/h6-7,9-10,15-16H,4-5,8,14H2,1-3H3. The summed E-state index contributed by atoms with van der Waals surface area (Å²) in [4.78, 5) is 0.194. The van der Waals surface area contributed by atoms with Crippen LogP contribution in [-0.2, 0) is 10.0 Å². The summed E-state index contributed by atoms with van der Waals surface area (Å²) < 4.78 is 26.1. The third kappa shape index (κ3) is 4.72. The Morgan fingerprint density at radius 1 is 1.32 bits per heavy atom. The van der Waals surface area contributed by atoms with Crippen LogP contribution >= 0.6 is 0 Å². The van der Waals surface area contributed by atoms with E-state index in [2.05, 4.69) is 23.9 Å². The minimum atomic E-state index is -3.50. The van der Waals surface area contributed by atoms with Gasteiger partial charge in [-0.2, -0.15) is 0 Å². The lowest BCUT2D eigenvalue weighted by molar-refractivity contribution is 0.566. The molecule has 0 bridgehead atoms. The van der Waals surface area contributed by atoms with Gasteiger partial charge in [-0.25, -0.2) is 13.1 Å². The SMILES string of the molecule is CNS(=O)(=O)c1cc(N)ccc1NCCCC(C)C. The van der Waals surface area contributed by atoms with Crippen molar-refractivity contribution in [3.05, 3.63) is 18.2 Å². The maximum Gasteiger partial charge on any atom is 0.242 e. The van der Waals surface area contributed by atoms with Crippen LogP contribution in [0.2, 0.25) is 0 Å². The van der Waals surface area contributed by atoms with Gasteiger partial charge in [-0.3, -0.25) is 0 Å². The molecule has 1 aromatic carbocycles. The molecule has 0 saturated carbocycles. The van der Waals surface area contributed by atoms with E-state index >= 15 is 0 Å². The van der Waals surface area contributed by atoms with E-state index in [4.69, 9.17) is 5.73 Å². The van der Waals surface area contributed by atoms with Crippen molar-refractivity contribution in [1.82, 2.24) is 4.72 Å². The zero-order valence-corrected chi connectivity index (χ0v) is 12.5. The number of nitrogens with two attached hydrogens (primary N) is 1. The molecule has 6 heteroatoms. The van der Waals surface area contributed by atoms with E-state index in [9.17, 15) is 8.42 Å². The maximum atomic E-state index is 11.9. The Bertz CT molecular complexity index is 513. The summed E-state index contributed by atoms with van der Waals surface area (Å²) in [6.45, 7) is 5.08. The van der Waals surface area contributed by atoms with E-state index in [-0.39, 0.29) is 4.90 Å². The first kappa shape index (κ1) is 15.8. The van der Waals surface area contributed by atoms with Crippen LogP contribution in [0, 0.1) is 5.92 Å². The first-order valence-corrected chi connectivity index (χ1v) is 7.92. The molecule has 1 aromatic rings. The van der Waals surface area contributed by atoms with Gasteiger partial charge in [-0.05, 0) is 44.0 Å². The molecule has 0 aromatic heterocycles. The Morgan fingerprint density at radius 2 is 2.00 bits per heavy atom. The third-order valence-corrected chi connectivity index (χ3v) is 4.29. The predicted octanol–water partition coefficient (Wildman–Crippen LogP) is 2.02. The van der Waals surface area contributed by atoms with E-state index in [1.54, 1.807) is 12.1 Å². The van der Waals surface area contributed by atoms with Gasteiger partial charge in [0.1, 0.15) is 4.90 Å². The van der Waals surface area contributed by atoms with Gasteiger partial charge in [0.05, 0.1) is 5.69 Å². The average molecular weight is 285 g/mol. The van der Waals surface area contributed by atoms with Crippen molar-refractivity contribution < 1.29 is 8.42 Å². The number of nitrogen functional groups attached to an aromatic ring is 1. The van der Waals surface area contributed by atoms with E-state index in [0.717, 1.165) is 19.4 Å². The van der Waals surface area contributed by atoms with Crippen LogP contribution in [0.1, 0.15) is 26.7 Å². The molecule has 0 amide bonds. The molecule has 0 atom stereocenters. The molecule has 4 N–H and O–H groups in total. The lowest BCUT2D eigenvalue weighted by atomic mass is 10.1. The number of nitrogens with one attached hydrogen (secondary N) is 2. The largest absolute Gasteiger partial charge is 0.399 e. The maximum absolute atomic E-state index is 11.9. The number of anilines is 2. The van der Waals surface area contributed by atoms with Gasteiger partial charge in [0.15, 0.2) is 0 Å². The van der Waals surface area contributed by atoms with Gasteiger partial charge in [-0.1, -0.05) is 13.8 Å². The normalized spacial score (nSPS) is 11.8. The van der Waals surface area contributed by atoms with Crippen molar-refractivity contribution in [3.63, 3.8) is 0 Å². The van der Waals surface area contributed by atoms with E-state index < -0.39 is 10.0 Å². The molecule has 0 aliphatic carbocycles. The first-order valence-electron chi connectivity index (χ1n) is 6.43. The summed E-state index contributed by atoms with van der Waals surface area (Å²) in [6.07, 6.45) is 2.11. The molecule has 0 heterocycles. The van der Waals surface area contributed by atoms with Crippen LogP contribution in [0.5, 0.6) is 0 Å². The fourth-order valence-electron chi connectivity index (χ4n) is 1.75. The quantitative estimate of drug-likeness (QED) is 0.528. The van der Waals surface area contributed by atoms with Crippen LogP contribution in [0.15, 0.2) is 23.1 Å². The number of rotatable bonds is 7. The second-order valence-corrected chi connectivity index (χ2v) is 6.78. The Labute approximate surface area is 115 Å². The smallest absolute Gasteiger partial charge is 0.242 e. The lowest BCUT2D eigenvalue weighted by Crippen LogP contribution is -2.20. The monoisotopic (exact) mass is 285 g/mol. The zero-order chi connectivity index (χ0) is 14.5. The molecule has 0 aliphatic heterocycles. The molecule has 19 heavy (non-hydrogen) atoms. The molecule has 5 nitrogen and oxygen atoms in total. The van der Waals surface area contributed by atoms with Gasteiger partial charge >= 0.3 is 0 Å². The molecule has 0 spiro atoms. The predicted molar refractivity (Wildman–Crippen MR) is 79.7 cm³/mol. The summed E-state index contributed by atoms with van der Waals surface area (Å²) >= 11 is 0. The molecule has 0 fully saturated rings.